The number of carbonyl (C=O) groups is 1. The van der Waals surface area contributed by atoms with E-state index in [2.05, 4.69) is 4.99 Å². The van der Waals surface area contributed by atoms with Crippen LogP contribution in [0, 0.1) is 0 Å². The maximum atomic E-state index is 13.3. The molecule has 3 N–H and O–H groups in total. The third-order valence-electron chi connectivity index (χ3n) is 4.37. The van der Waals surface area contributed by atoms with Crippen molar-refractivity contribution in [3.8, 4) is 0 Å². The van der Waals surface area contributed by atoms with Gasteiger partial charge in [0.15, 0.2) is 0 Å². The molecular weight excluding hydrogens is 411 g/mol. The largest absolute Gasteiger partial charge is 0.448 e. The molecule has 0 saturated heterocycles. The van der Waals surface area contributed by atoms with Gasteiger partial charge in [0.25, 0.3) is 5.91 Å². The number of primary sulfonamides is 1. The molecule has 0 saturated carbocycles. The second-order valence-corrected chi connectivity index (χ2v) is 7.93. The number of carbonyl (C=O) groups excluding carboxylic acids is 1. The zero-order valence-electron chi connectivity index (χ0n) is 14.8. The predicted octanol–water partition coefficient (Wildman–Crippen LogP) is 1.42. The molecule has 1 atom stereocenters. The van der Waals surface area contributed by atoms with E-state index in [1.807, 2.05) is 0 Å². The first-order chi connectivity index (χ1) is 13.4. The summed E-state index contributed by atoms with van der Waals surface area (Å²) < 4.78 is 62.5. The molecule has 7 nitrogen and oxygen atoms in total. The molecule has 29 heavy (non-hydrogen) atoms. The zero-order chi connectivity index (χ0) is 21.4. The molecule has 0 spiro atoms. The third-order valence-corrected chi connectivity index (χ3v) is 5.30. The lowest BCUT2D eigenvalue weighted by Crippen LogP contribution is -2.52. The molecule has 1 amide bonds. The van der Waals surface area contributed by atoms with Crippen molar-refractivity contribution >= 4 is 21.8 Å². The number of alkyl halides is 3. The van der Waals surface area contributed by atoms with E-state index in [4.69, 9.17) is 5.14 Å². The molecule has 2 aromatic carbocycles. The highest BCUT2D eigenvalue weighted by Crippen LogP contribution is 2.38. The van der Waals surface area contributed by atoms with Gasteiger partial charge in [-0.15, -0.1) is 0 Å². The van der Waals surface area contributed by atoms with Crippen LogP contribution in [0.15, 0.2) is 64.5 Å². The maximum absolute atomic E-state index is 13.3. The van der Waals surface area contributed by atoms with Crippen molar-refractivity contribution in [2.75, 3.05) is 6.54 Å². The molecular formula is C18H16F3N3O4S. The number of aliphatic hydroxyl groups is 1. The number of nitrogens with zero attached hydrogens (tertiary/aromatic N) is 2. The summed E-state index contributed by atoms with van der Waals surface area (Å²) in [7, 11) is -3.88. The Morgan fingerprint density at radius 3 is 2.17 bits per heavy atom. The minimum Gasteiger partial charge on any atom is -0.355 e. The zero-order valence-corrected chi connectivity index (χ0v) is 15.6. The number of halogens is 3. The van der Waals surface area contributed by atoms with E-state index in [1.165, 1.54) is 36.4 Å². The number of amides is 1. The lowest BCUT2D eigenvalue weighted by molar-refractivity contribution is -0.248. The van der Waals surface area contributed by atoms with Gasteiger partial charge in [-0.05, 0) is 24.1 Å². The van der Waals surface area contributed by atoms with Gasteiger partial charge in [-0.2, -0.15) is 13.2 Å². The molecule has 0 aromatic heterocycles. The highest BCUT2D eigenvalue weighted by atomic mass is 32.2. The average molecular weight is 427 g/mol. The Kier molecular flexibility index (Phi) is 5.24. The fraction of sp³-hybridized carbons (Fsp3) is 0.222. The molecule has 1 aliphatic heterocycles. The van der Waals surface area contributed by atoms with E-state index < -0.39 is 27.8 Å². The van der Waals surface area contributed by atoms with Gasteiger partial charge in [0.2, 0.25) is 10.0 Å². The van der Waals surface area contributed by atoms with E-state index >= 15 is 0 Å². The number of amidine groups is 1. The quantitative estimate of drug-likeness (QED) is 0.751. The molecule has 0 aliphatic carbocycles. The monoisotopic (exact) mass is 427 g/mol. The Labute approximate surface area is 164 Å². The van der Waals surface area contributed by atoms with Crippen LogP contribution in [0.25, 0.3) is 0 Å². The average Bonchev–Trinajstić information content (AvgIpc) is 2.92. The number of sulfonamides is 1. The smallest absolute Gasteiger partial charge is 0.355 e. The Hall–Kier alpha value is -2.76. The minimum atomic E-state index is -5.28. The number of hydrogen-bond acceptors (Lipinski definition) is 5. The first kappa shape index (κ1) is 21.0. The number of nitrogens with two attached hydrogens (primary N) is 1. The lowest BCUT2D eigenvalue weighted by Gasteiger charge is -2.23. The Morgan fingerprint density at radius 1 is 1.07 bits per heavy atom. The number of rotatable bonds is 5. The number of aliphatic imine (C=N–C) groups is 1. The van der Waals surface area contributed by atoms with Crippen molar-refractivity contribution in [2.24, 2.45) is 10.1 Å². The first-order valence-electron chi connectivity index (χ1n) is 8.31. The third kappa shape index (κ3) is 4.02. The Balaban J connectivity index is 1.88. The summed E-state index contributed by atoms with van der Waals surface area (Å²) >= 11 is 0. The van der Waals surface area contributed by atoms with Crippen LogP contribution in [0.2, 0.25) is 0 Å². The fourth-order valence-corrected chi connectivity index (χ4v) is 3.35. The highest BCUT2D eigenvalue weighted by Gasteiger charge is 2.65. The van der Waals surface area contributed by atoms with Crippen LogP contribution in [-0.2, 0) is 21.2 Å². The van der Waals surface area contributed by atoms with E-state index in [0.717, 1.165) is 4.90 Å². The van der Waals surface area contributed by atoms with Gasteiger partial charge in [-0.3, -0.25) is 9.69 Å². The molecule has 0 fully saturated rings. The maximum Gasteiger partial charge on any atom is 0.448 e. The topological polar surface area (TPSA) is 113 Å². The normalized spacial score (nSPS) is 20.1. The summed E-state index contributed by atoms with van der Waals surface area (Å²) in [6.07, 6.45) is -5.19. The van der Waals surface area contributed by atoms with Gasteiger partial charge < -0.3 is 5.11 Å². The van der Waals surface area contributed by atoms with Crippen LogP contribution < -0.4 is 5.14 Å². The molecule has 1 unspecified atom stereocenters. The molecule has 1 heterocycles. The minimum absolute atomic E-state index is 0.0937. The van der Waals surface area contributed by atoms with Crippen molar-refractivity contribution in [1.29, 1.82) is 0 Å². The van der Waals surface area contributed by atoms with Gasteiger partial charge in [-0.25, -0.2) is 18.5 Å². The molecule has 2 aromatic rings. The van der Waals surface area contributed by atoms with Gasteiger partial charge in [-0.1, -0.05) is 42.5 Å². The van der Waals surface area contributed by atoms with Crippen molar-refractivity contribution in [3.63, 3.8) is 0 Å². The molecule has 154 valence electrons. The van der Waals surface area contributed by atoms with Crippen LogP contribution >= 0.6 is 0 Å². The van der Waals surface area contributed by atoms with Crippen molar-refractivity contribution < 1.29 is 31.5 Å². The van der Waals surface area contributed by atoms with Gasteiger partial charge in [0.1, 0.15) is 5.84 Å². The number of benzene rings is 2. The standard InChI is InChI=1S/C18H16F3N3O4S/c19-18(20,21)17(26)16(25)24(15(23-17)13-4-2-1-3-5-13)11-10-12-6-8-14(9-7-12)29(22,27)28/h1-9,26H,10-11H2,(H2,22,27,28). The Morgan fingerprint density at radius 2 is 1.66 bits per heavy atom. The second-order valence-electron chi connectivity index (χ2n) is 6.37. The molecule has 11 heteroatoms. The van der Waals surface area contributed by atoms with Crippen LogP contribution in [0.5, 0.6) is 0 Å². The number of hydrogen-bond donors (Lipinski definition) is 2. The van der Waals surface area contributed by atoms with E-state index in [1.54, 1.807) is 18.2 Å². The Bertz CT molecular complexity index is 1050. The molecule has 3 rings (SSSR count). The van der Waals surface area contributed by atoms with Gasteiger partial charge in [0, 0.05) is 12.1 Å². The lowest BCUT2D eigenvalue weighted by atomic mass is 10.1. The summed E-state index contributed by atoms with van der Waals surface area (Å²) in [5, 5.41) is 15.0. The van der Waals surface area contributed by atoms with Gasteiger partial charge >= 0.3 is 11.9 Å². The van der Waals surface area contributed by atoms with Crippen LogP contribution in [0.4, 0.5) is 13.2 Å². The summed E-state index contributed by atoms with van der Waals surface area (Å²) in [5.74, 6) is -1.89. The van der Waals surface area contributed by atoms with E-state index in [-0.39, 0.29) is 29.3 Å². The van der Waals surface area contributed by atoms with E-state index in [0.29, 0.717) is 5.56 Å². The van der Waals surface area contributed by atoms with Crippen molar-refractivity contribution in [1.82, 2.24) is 4.90 Å². The fourth-order valence-electron chi connectivity index (χ4n) is 2.83. The van der Waals surface area contributed by atoms with Gasteiger partial charge in [0.05, 0.1) is 4.90 Å². The van der Waals surface area contributed by atoms with Crippen molar-refractivity contribution in [3.05, 3.63) is 65.7 Å². The molecule has 0 radical (unpaired) electrons. The molecule has 1 aliphatic rings. The molecule has 0 bridgehead atoms. The second kappa shape index (κ2) is 7.25. The van der Waals surface area contributed by atoms with Crippen LogP contribution in [0.1, 0.15) is 11.1 Å². The van der Waals surface area contributed by atoms with Crippen LogP contribution in [-0.4, -0.2) is 48.6 Å². The summed E-state index contributed by atoms with van der Waals surface area (Å²) in [4.78, 5) is 16.4. The van der Waals surface area contributed by atoms with E-state index in [9.17, 15) is 31.5 Å². The highest BCUT2D eigenvalue weighted by molar-refractivity contribution is 7.89. The summed E-state index contributed by atoms with van der Waals surface area (Å²) in [6, 6.07) is 13.1. The summed E-state index contributed by atoms with van der Waals surface area (Å²) in [5.41, 5.74) is -3.05. The van der Waals surface area contributed by atoms with Crippen LogP contribution in [0.3, 0.4) is 0 Å². The summed E-state index contributed by atoms with van der Waals surface area (Å²) in [6.45, 7) is -0.209. The predicted molar refractivity (Wildman–Crippen MR) is 97.2 cm³/mol. The first-order valence-corrected chi connectivity index (χ1v) is 9.86. The van der Waals surface area contributed by atoms with Crippen molar-refractivity contribution in [2.45, 2.75) is 23.2 Å². The SMILES string of the molecule is NS(=O)(=O)c1ccc(CCN2C(=O)C(O)(C(F)(F)F)N=C2c2ccccc2)cc1.